The highest BCUT2D eigenvalue weighted by atomic mass is 16.3. The van der Waals surface area contributed by atoms with Gasteiger partial charge in [-0.15, -0.1) is 0 Å². The number of fused-ring (bicyclic) bond motifs is 22. The maximum atomic E-state index is 7.37. The first kappa shape index (κ1) is 82.7. The molecule has 29 aromatic rings. The number of aromatic nitrogens is 10. The Morgan fingerprint density at radius 3 is 0.688 bits per heavy atom. The van der Waals surface area contributed by atoms with E-state index in [-0.39, 0.29) is 0 Å². The molecule has 0 saturated carbocycles. The molecule has 672 valence electrons. The van der Waals surface area contributed by atoms with E-state index in [9.17, 15) is 0 Å². The Kier molecular flexibility index (Phi) is 19.7. The number of furan rings is 2. The van der Waals surface area contributed by atoms with Crippen molar-refractivity contribution in [1.82, 2.24) is 48.2 Å². The van der Waals surface area contributed by atoms with Gasteiger partial charge >= 0.3 is 0 Å². The molecule has 0 aliphatic carbocycles. The minimum Gasteiger partial charge on any atom is -0.452 e. The standard InChI is InChI=1S/C69H43N5O.C63H39N5O/c1-4-18-44(19-5-1)45-32-36-49(37-33-45)73-61-30-16-14-26-53(61)55-40-42-57-58-43-41-56-54-27-15-17-31-62(54)74(64(56)66(58)75-65(57)63(55)73)50-38-34-48(35-39-50)67-70-68(59-28-12-10-24-51(59)46-20-6-2-7-21-46)72-69(71-67)60-29-13-11-25-52(60)47-22-8-3-9-23-47;1-4-15-40(16-5-1)42-27-31-44(32-28-42)61-64-62(45-33-29-43(30-34-45)41-17-6-2-7-18-41)66-63(65-61)46-19-14-22-48(39-46)68-56-26-13-11-24-50(56)52-36-38-54-53-37-35-51-49-23-10-12-25-55(49)67(47-20-8-3-9-21-47)57(51)59(53)69-60(54)58(52)68/h1-43H;1-39H. The zero-order valence-electron chi connectivity index (χ0n) is 77.6. The van der Waals surface area contributed by atoms with Gasteiger partial charge in [0.2, 0.25) is 0 Å². The number of hydrogen-bond donors (Lipinski definition) is 0. The van der Waals surface area contributed by atoms with Crippen molar-refractivity contribution in [1.29, 1.82) is 0 Å². The zero-order valence-corrected chi connectivity index (χ0v) is 77.6. The van der Waals surface area contributed by atoms with E-state index >= 15 is 0 Å². The van der Waals surface area contributed by atoms with Crippen LogP contribution in [0.4, 0.5) is 0 Å². The van der Waals surface area contributed by atoms with Gasteiger partial charge in [-0.1, -0.05) is 388 Å². The predicted molar refractivity (Wildman–Crippen MR) is 591 cm³/mol. The van der Waals surface area contributed by atoms with Crippen LogP contribution in [-0.2, 0) is 0 Å². The summed E-state index contributed by atoms with van der Waals surface area (Å²) in [5.41, 5.74) is 32.7. The molecule has 0 N–H and O–H groups in total. The number of benzene rings is 21. The molecule has 29 rings (SSSR count). The summed E-state index contributed by atoms with van der Waals surface area (Å²) in [6.45, 7) is 0. The summed E-state index contributed by atoms with van der Waals surface area (Å²) in [4.78, 5) is 31.4. The van der Waals surface area contributed by atoms with Gasteiger partial charge in [-0.3, -0.25) is 0 Å². The molecule has 0 unspecified atom stereocenters. The van der Waals surface area contributed by atoms with Gasteiger partial charge in [0, 0.05) is 121 Å². The van der Waals surface area contributed by atoms with Crippen molar-refractivity contribution in [3.8, 4) is 147 Å². The van der Waals surface area contributed by atoms with E-state index in [0.717, 1.165) is 221 Å². The van der Waals surface area contributed by atoms with Crippen LogP contribution in [0.5, 0.6) is 0 Å². The lowest BCUT2D eigenvalue weighted by Gasteiger charge is -2.14. The van der Waals surface area contributed by atoms with Crippen LogP contribution >= 0.6 is 0 Å². The largest absolute Gasteiger partial charge is 0.452 e. The quantitative estimate of drug-likeness (QED) is 0.0994. The van der Waals surface area contributed by atoms with E-state index < -0.39 is 0 Å². The van der Waals surface area contributed by atoms with Crippen LogP contribution < -0.4 is 0 Å². The van der Waals surface area contributed by atoms with E-state index in [1.165, 1.54) is 21.9 Å². The molecule has 0 aliphatic heterocycles. The zero-order chi connectivity index (χ0) is 94.8. The average Bonchev–Trinajstić information content (AvgIpc) is 1.54. The summed E-state index contributed by atoms with van der Waals surface area (Å²) in [5, 5.41) is 13.5. The van der Waals surface area contributed by atoms with Crippen LogP contribution in [0, 0.1) is 0 Å². The second kappa shape index (κ2) is 34.3. The Morgan fingerprint density at radius 1 is 0.132 bits per heavy atom. The molecule has 12 nitrogen and oxygen atoms in total. The molecule has 0 bridgehead atoms. The Balaban J connectivity index is 0.000000141. The summed E-state index contributed by atoms with van der Waals surface area (Å²) in [7, 11) is 0. The highest BCUT2D eigenvalue weighted by Gasteiger charge is 2.29. The van der Waals surface area contributed by atoms with E-state index in [1.54, 1.807) is 0 Å². The Bertz CT molecular complexity index is 9890. The molecular weight excluding hydrogens is 1760 g/mol. The van der Waals surface area contributed by atoms with Gasteiger partial charge in [-0.25, -0.2) is 29.9 Å². The molecule has 0 aliphatic rings. The van der Waals surface area contributed by atoms with E-state index in [4.69, 9.17) is 38.7 Å². The number of nitrogens with zero attached hydrogens (tertiary/aromatic N) is 10. The molecule has 21 aromatic carbocycles. The van der Waals surface area contributed by atoms with Crippen molar-refractivity contribution < 1.29 is 8.83 Å². The van der Waals surface area contributed by atoms with Crippen LogP contribution in [0.2, 0.25) is 0 Å². The van der Waals surface area contributed by atoms with Crippen LogP contribution in [0.1, 0.15) is 0 Å². The van der Waals surface area contributed by atoms with E-state index in [2.05, 4.69) is 491 Å². The van der Waals surface area contributed by atoms with Gasteiger partial charge in [-0.05, 0) is 165 Å². The van der Waals surface area contributed by atoms with Crippen LogP contribution in [0.25, 0.3) is 278 Å². The molecule has 0 spiro atoms. The van der Waals surface area contributed by atoms with Crippen molar-refractivity contribution in [2.45, 2.75) is 0 Å². The molecule has 0 radical (unpaired) electrons. The van der Waals surface area contributed by atoms with Crippen LogP contribution in [0.3, 0.4) is 0 Å². The molecule has 12 heteroatoms. The smallest absolute Gasteiger partial charge is 0.164 e. The van der Waals surface area contributed by atoms with Crippen molar-refractivity contribution in [3.05, 3.63) is 497 Å². The van der Waals surface area contributed by atoms with E-state index in [1.807, 2.05) is 24.3 Å². The Morgan fingerprint density at radius 2 is 0.347 bits per heavy atom. The van der Waals surface area contributed by atoms with Gasteiger partial charge in [0.25, 0.3) is 0 Å². The molecular formula is C132H82N10O2. The summed E-state index contributed by atoms with van der Waals surface area (Å²) in [6, 6.07) is 175. The summed E-state index contributed by atoms with van der Waals surface area (Å²) in [6.07, 6.45) is 0. The fourth-order valence-corrected chi connectivity index (χ4v) is 21.7. The molecule has 144 heavy (non-hydrogen) atoms. The Hall–Kier alpha value is -19.6. The first-order valence-corrected chi connectivity index (χ1v) is 48.6. The lowest BCUT2D eigenvalue weighted by atomic mass is 9.98. The van der Waals surface area contributed by atoms with Crippen molar-refractivity contribution in [2.24, 2.45) is 0 Å². The lowest BCUT2D eigenvalue weighted by molar-refractivity contribution is 0.673. The highest BCUT2D eigenvalue weighted by molar-refractivity contribution is 6.29. The molecule has 0 amide bonds. The number of rotatable bonds is 15. The first-order chi connectivity index (χ1) is 71.4. The van der Waals surface area contributed by atoms with Gasteiger partial charge in [0.05, 0.1) is 44.1 Å². The van der Waals surface area contributed by atoms with Gasteiger partial charge in [0.15, 0.2) is 57.3 Å². The molecule has 0 fully saturated rings. The number of para-hydroxylation sites is 5. The normalized spacial score (nSPS) is 11.8. The fraction of sp³-hybridized carbons (Fsp3) is 0. The predicted octanol–water partition coefficient (Wildman–Crippen LogP) is 34.3. The first-order valence-electron chi connectivity index (χ1n) is 48.6. The average molecular weight is 1840 g/mol. The second-order valence-corrected chi connectivity index (χ2v) is 36.6. The minimum atomic E-state index is 0.585. The molecule has 8 heterocycles. The van der Waals surface area contributed by atoms with Crippen molar-refractivity contribution in [3.63, 3.8) is 0 Å². The lowest BCUT2D eigenvalue weighted by Crippen LogP contribution is -2.02. The summed E-state index contributed by atoms with van der Waals surface area (Å²) in [5.74, 6) is 3.59. The van der Waals surface area contributed by atoms with Crippen LogP contribution in [0.15, 0.2) is 506 Å². The highest BCUT2D eigenvalue weighted by Crippen LogP contribution is 2.49. The van der Waals surface area contributed by atoms with Crippen LogP contribution in [-0.4, -0.2) is 48.2 Å². The van der Waals surface area contributed by atoms with Gasteiger partial charge in [-0.2, -0.15) is 0 Å². The number of hydrogen-bond acceptors (Lipinski definition) is 8. The molecule has 0 saturated heterocycles. The van der Waals surface area contributed by atoms with Gasteiger partial charge in [0.1, 0.15) is 0 Å². The SMILES string of the molecule is c1ccc(-c2ccc(-c3nc(-c4ccc(-c5ccccc5)cc4)nc(-c4cccc(-n5c6ccccc6c6ccc7c8ccc9c%10ccccc%10n(-c%10ccccc%10)c9c8oc7c65)c4)n3)cc2)cc1.c1ccc(-c2ccc(-n3c4ccccc4c4ccc5c6ccc7c8ccccc8n(-c8ccc(-c9nc(-c%10ccccc%10-c%10ccccc%10)nc(-c%10ccccc%10-c%10ccccc%10)n9)cc8)c7c6oc5c43)cc2)cc1. The molecule has 8 aromatic heterocycles. The third-order valence-electron chi connectivity index (χ3n) is 28.4. The maximum Gasteiger partial charge on any atom is 0.164 e. The maximum absolute atomic E-state index is 7.37. The monoisotopic (exact) mass is 1840 g/mol. The Labute approximate surface area is 826 Å². The third-order valence-corrected chi connectivity index (χ3v) is 28.4. The van der Waals surface area contributed by atoms with Gasteiger partial charge < -0.3 is 27.1 Å². The van der Waals surface area contributed by atoms with Crippen molar-refractivity contribution >= 4 is 131 Å². The van der Waals surface area contributed by atoms with E-state index in [0.29, 0.717) is 34.9 Å². The minimum absolute atomic E-state index is 0.585. The third kappa shape index (κ3) is 13.9. The fourth-order valence-electron chi connectivity index (χ4n) is 21.7. The second-order valence-electron chi connectivity index (χ2n) is 36.6. The summed E-state index contributed by atoms with van der Waals surface area (Å²) < 4.78 is 24.1. The topological polar surface area (TPSA) is 123 Å². The van der Waals surface area contributed by atoms with Crippen molar-refractivity contribution in [2.75, 3.05) is 0 Å². The summed E-state index contributed by atoms with van der Waals surface area (Å²) >= 11 is 0. The molecule has 0 atom stereocenters.